The second-order valence-electron chi connectivity index (χ2n) is 33.1. The predicted octanol–water partition coefficient (Wildman–Crippen LogP) is 7.27. The first-order valence-electron chi connectivity index (χ1n) is 43.4. The number of carbonyl (C=O) groups is 4. The molecular weight excluding hydrogens is 1750 g/mol. The number of anilines is 12. The van der Waals surface area contributed by atoms with Crippen LogP contribution in [0.2, 0.25) is 0 Å². The van der Waals surface area contributed by atoms with Crippen LogP contribution in [0.4, 0.5) is 91.2 Å². The summed E-state index contributed by atoms with van der Waals surface area (Å²) in [6.07, 6.45) is 21.9. The van der Waals surface area contributed by atoms with Gasteiger partial charge >= 0.3 is 0 Å². The van der Waals surface area contributed by atoms with Gasteiger partial charge in [-0.25, -0.2) is 41.9 Å². The number of ether oxygens (including phenoxy) is 3. The van der Waals surface area contributed by atoms with E-state index in [2.05, 4.69) is 114 Å². The molecule has 7 fully saturated rings. The highest BCUT2D eigenvalue weighted by Crippen LogP contribution is 2.41. The molecule has 43 nitrogen and oxygen atoms in total. The Hall–Kier alpha value is -15.5. The van der Waals surface area contributed by atoms with Crippen molar-refractivity contribution in [2.24, 2.45) is 14.1 Å². The summed E-state index contributed by atoms with van der Waals surface area (Å²) in [5, 5.41) is 59.7. The van der Waals surface area contributed by atoms with Crippen LogP contribution >= 0.6 is 0 Å². The van der Waals surface area contributed by atoms with Gasteiger partial charge in [-0.3, -0.25) is 56.9 Å². The van der Waals surface area contributed by atoms with Gasteiger partial charge < -0.3 is 87.1 Å². The summed E-state index contributed by atoms with van der Waals surface area (Å²) in [4.78, 5) is 121. The molecule has 0 aromatic carbocycles. The van der Waals surface area contributed by atoms with Crippen LogP contribution in [0.3, 0.4) is 0 Å². The Balaban J connectivity index is 0.000000120. The SMILES string of the molecule is CNc1cc(Nc2cc(F)cn(-c3ccn(C)n3)c2=O)nc2c(C(=O)N[C@H]3C[C@H]3F)cnn12.CNc1cc(Nc2cc(F)cn(-c3cnn(C)c3)c2=O)nc2c(C(=O)N[C@H]3C[C@H]3F)cnn12.CNc1cc(Nc2cccn(C3CCC4(CC3)OCCO4)c2=O)nc2c(C(=O)N[C@@H]3C[C@@H]3F)cnn12.CNc1cc(Nc2cccn(C[C@@H]3CCCCO3)c2=O)nc2c(C(=O)NC3CC3)cnn12. The molecule has 5 saturated carbocycles. The van der Waals surface area contributed by atoms with Gasteiger partial charge in [0.1, 0.15) is 122 Å². The van der Waals surface area contributed by atoms with Crippen molar-refractivity contribution in [1.82, 2.24) is 117 Å². The zero-order valence-electron chi connectivity index (χ0n) is 73.0. The fourth-order valence-electron chi connectivity index (χ4n) is 15.8. The van der Waals surface area contributed by atoms with Crippen LogP contribution in [-0.4, -0.2) is 222 Å². The summed E-state index contributed by atoms with van der Waals surface area (Å²) < 4.78 is 100. The predicted molar refractivity (Wildman–Crippen MR) is 481 cm³/mol. The second kappa shape index (κ2) is 37.4. The Labute approximate surface area is 755 Å². The van der Waals surface area contributed by atoms with E-state index in [0.717, 1.165) is 98.1 Å². The van der Waals surface area contributed by atoms with Crippen molar-refractivity contribution in [3.63, 3.8) is 0 Å². The third-order valence-electron chi connectivity index (χ3n) is 23.4. The van der Waals surface area contributed by atoms with Crippen molar-refractivity contribution < 1.29 is 55.3 Å². The molecule has 16 heterocycles. The van der Waals surface area contributed by atoms with E-state index in [4.69, 9.17) is 14.2 Å². The lowest BCUT2D eigenvalue weighted by atomic mass is 9.90. The minimum Gasteiger partial charge on any atom is -0.376 e. The molecule has 2 aliphatic heterocycles. The van der Waals surface area contributed by atoms with Gasteiger partial charge in [-0.15, -0.1) is 0 Å². The van der Waals surface area contributed by atoms with E-state index in [1.54, 1.807) is 123 Å². The Morgan fingerprint density at radius 1 is 0.455 bits per heavy atom. The van der Waals surface area contributed by atoms with Crippen molar-refractivity contribution in [3.8, 4) is 11.5 Å². The highest BCUT2D eigenvalue weighted by Gasteiger charge is 2.44. The summed E-state index contributed by atoms with van der Waals surface area (Å²) in [7, 11) is 10.2. The topological polar surface area (TPSA) is 485 Å². The number of pyridine rings is 4. The number of hydrogen-bond acceptors (Lipinski definition) is 29. The van der Waals surface area contributed by atoms with Gasteiger partial charge in [0, 0.05) is 167 Å². The molecule has 7 aliphatic rings. The number of halogens is 5. The van der Waals surface area contributed by atoms with Gasteiger partial charge in [0.15, 0.2) is 34.2 Å². The number of carbonyl (C=O) groups excluding carboxylic acids is 4. The molecular formula is C86H93F5N32O11. The standard InChI is InChI=1S/C24H28FN7O4.C22H27N7O3.2C20H19F2N9O2/c1-26-20-12-19(30-21-15(13-27-32(20)21)22(33)29-18-11-16(18)25)28-17-3-2-8-31(23(17)34)14-4-6-24(7-5-14)35-9-10-36-24;1-23-19-11-18(27-20-16(12-24-29(19)20)21(30)25-14-7-8-14)26-17-6-4-9-28(22(17)31)13-15-5-2-3-10-32-15;1-23-17-5-16(28-18-12(7-25-31(17)18)19(32)27-14-4-13(14)22)26-15-3-10(21)8-30(20(15)33)11-6-24-29(2)9-11;1-23-17-7-15(27-18-11(8-24-31(17)18)19(32)26-13-6-12(13)22)25-14-5-10(21)9-30(20(14)33)16-3-4-29(2)28-16/h2-3,8,12-14,16,18,26H,4-7,9-11H2,1H3,(H,28,30)(H,29,33);4,6,9,11-12,14-15,23H,2-3,5,7-8,10,13H2,1H3,(H,25,30)(H,26,27);3,5-9,13-14,23H,4H2,1-2H3,(H,26,28)(H,27,32);3-5,7-9,12-13,23H,6H2,1-2H3,(H,25,27)(H,26,32)/t16-,18+;15-;13-,14+;12-,13+/m0011/s1. The summed E-state index contributed by atoms with van der Waals surface area (Å²) in [6.45, 7) is 2.51. The second-order valence-corrected chi connectivity index (χ2v) is 33.1. The van der Waals surface area contributed by atoms with E-state index in [9.17, 15) is 60.3 Å². The van der Waals surface area contributed by atoms with E-state index in [1.165, 1.54) is 53.9 Å². The molecule has 14 aromatic rings. The molecule has 4 amide bonds. The van der Waals surface area contributed by atoms with Crippen LogP contribution in [0.15, 0.2) is 154 Å². The Morgan fingerprint density at radius 3 is 1.28 bits per heavy atom. The van der Waals surface area contributed by atoms with Crippen LogP contribution in [-0.2, 0) is 34.9 Å². The fourth-order valence-corrected chi connectivity index (χ4v) is 15.8. The zero-order valence-corrected chi connectivity index (χ0v) is 73.0. The summed E-state index contributed by atoms with van der Waals surface area (Å²) in [6, 6.07) is 16.1. The molecule has 48 heteroatoms. The number of hydrogen-bond donors (Lipinski definition) is 12. The number of fused-ring (bicyclic) bond motifs is 4. The first kappa shape index (κ1) is 89.1. The number of aromatic nitrogens is 20. The third-order valence-corrected chi connectivity index (χ3v) is 23.4. The molecule has 1 spiro atoms. The maximum atomic E-state index is 14.3. The van der Waals surface area contributed by atoms with Gasteiger partial charge in [0.05, 0.1) is 86.9 Å². The minimum absolute atomic E-state index is 0.0490. The van der Waals surface area contributed by atoms with Crippen molar-refractivity contribution in [2.75, 3.05) is 90.5 Å². The number of rotatable bonds is 25. The van der Waals surface area contributed by atoms with Gasteiger partial charge in [-0.1, -0.05) is 0 Å². The number of nitrogens with one attached hydrogen (secondary N) is 12. The maximum Gasteiger partial charge on any atom is 0.280 e. The molecule has 0 radical (unpaired) electrons. The minimum atomic E-state index is -1.05. The lowest BCUT2D eigenvalue weighted by Crippen LogP contribution is -2.38. The van der Waals surface area contributed by atoms with Gasteiger partial charge in [0.2, 0.25) is 0 Å². The van der Waals surface area contributed by atoms with Crippen LogP contribution in [0.1, 0.15) is 125 Å². The average Bonchev–Trinajstić information content (AvgIpc) is 1.63. The molecule has 134 heavy (non-hydrogen) atoms. The molecule has 14 aromatic heterocycles. The molecule has 12 N–H and O–H groups in total. The normalized spacial score (nSPS) is 19.1. The van der Waals surface area contributed by atoms with Gasteiger partial charge in [-0.05, 0) is 69.2 Å². The van der Waals surface area contributed by atoms with Crippen molar-refractivity contribution in [2.45, 2.75) is 144 Å². The zero-order chi connectivity index (χ0) is 93.5. The highest BCUT2D eigenvalue weighted by molar-refractivity contribution is 6.03. The van der Waals surface area contributed by atoms with E-state index >= 15 is 0 Å². The Bertz CT molecular complexity index is 6880. The monoisotopic (exact) mass is 1840 g/mol. The first-order valence-corrected chi connectivity index (χ1v) is 43.4. The van der Waals surface area contributed by atoms with Crippen LogP contribution in [0.5, 0.6) is 0 Å². The largest absolute Gasteiger partial charge is 0.376 e. The van der Waals surface area contributed by atoms with Crippen molar-refractivity contribution in [1.29, 1.82) is 0 Å². The lowest BCUT2D eigenvalue weighted by molar-refractivity contribution is -0.181. The van der Waals surface area contributed by atoms with E-state index in [0.29, 0.717) is 95.0 Å². The quantitative estimate of drug-likeness (QED) is 0.0250. The van der Waals surface area contributed by atoms with Gasteiger partial charge in [-0.2, -0.15) is 48.7 Å². The molecule has 2 saturated heterocycles. The number of amides is 4. The average molecular weight is 1850 g/mol. The number of alkyl halides is 3. The fraction of sp³-hybridized carbons (Fsp3) is 0.372. The Kier molecular flexibility index (Phi) is 24.9. The van der Waals surface area contributed by atoms with Crippen molar-refractivity contribution >= 4 is 116 Å². The molecule has 0 bridgehead atoms. The van der Waals surface area contributed by atoms with E-state index in [-0.39, 0.29) is 105 Å². The molecule has 5 aliphatic carbocycles. The molecule has 7 atom stereocenters. The molecule has 21 rings (SSSR count). The number of nitrogens with zero attached hydrogens (tertiary/aromatic N) is 20. The molecule has 0 unspecified atom stereocenters. The highest BCUT2D eigenvalue weighted by atomic mass is 19.2. The van der Waals surface area contributed by atoms with Crippen LogP contribution in [0, 0.1) is 11.6 Å². The van der Waals surface area contributed by atoms with E-state index in [1.807, 2.05) is 12.1 Å². The lowest BCUT2D eigenvalue weighted by Gasteiger charge is -2.36. The van der Waals surface area contributed by atoms with E-state index < -0.39 is 82.9 Å². The van der Waals surface area contributed by atoms with Crippen molar-refractivity contribution in [3.05, 3.63) is 210 Å². The summed E-state index contributed by atoms with van der Waals surface area (Å²) in [5.74, 6) is 0.127. The summed E-state index contributed by atoms with van der Waals surface area (Å²) in [5.41, 5.74) is 1.64. The van der Waals surface area contributed by atoms with Crippen LogP contribution in [0.25, 0.3) is 34.1 Å². The molecule has 698 valence electrons. The maximum absolute atomic E-state index is 14.3. The summed E-state index contributed by atoms with van der Waals surface area (Å²) >= 11 is 0. The first-order chi connectivity index (χ1) is 64.7. The Morgan fingerprint density at radius 2 is 0.881 bits per heavy atom. The smallest absolute Gasteiger partial charge is 0.280 e. The third kappa shape index (κ3) is 19.2. The number of aryl methyl sites for hydroxylation is 2. The van der Waals surface area contributed by atoms with Crippen LogP contribution < -0.4 is 86.0 Å². The van der Waals surface area contributed by atoms with Gasteiger partial charge in [0.25, 0.3) is 45.9 Å².